The molecule has 3 fully saturated rings. The minimum absolute atomic E-state index is 0.0217. The summed E-state index contributed by atoms with van der Waals surface area (Å²) in [4.78, 5) is 14.6. The van der Waals surface area contributed by atoms with E-state index in [4.69, 9.17) is 4.74 Å². The van der Waals surface area contributed by atoms with Crippen molar-refractivity contribution >= 4 is 6.09 Å². The first-order valence-electron chi connectivity index (χ1n) is 10.8. The fourth-order valence-corrected chi connectivity index (χ4v) is 5.25. The molecular formula is C25H26N2O3. The lowest BCUT2D eigenvalue weighted by atomic mass is 9.79. The molecule has 2 saturated heterocycles. The smallest absolute Gasteiger partial charge is 0.410 e. The summed E-state index contributed by atoms with van der Waals surface area (Å²) >= 11 is 0. The lowest BCUT2D eigenvalue weighted by Gasteiger charge is -2.43. The third-order valence-electron chi connectivity index (χ3n) is 7.10. The Balaban J connectivity index is 1.31. The molecule has 30 heavy (non-hydrogen) atoms. The molecule has 3 aliphatic rings. The molecule has 5 nitrogen and oxygen atoms in total. The first-order chi connectivity index (χ1) is 14.5. The van der Waals surface area contributed by atoms with Gasteiger partial charge in [-0.05, 0) is 42.4 Å². The number of ether oxygens (including phenoxy) is 1. The van der Waals surface area contributed by atoms with E-state index in [1.807, 2.05) is 59.5 Å². The molecule has 0 radical (unpaired) electrons. The van der Waals surface area contributed by atoms with E-state index >= 15 is 0 Å². The van der Waals surface area contributed by atoms with Crippen LogP contribution in [0.25, 0.3) is 0 Å². The van der Waals surface area contributed by atoms with Crippen LogP contribution in [-0.2, 0) is 22.4 Å². The normalized spacial score (nSPS) is 28.6. The molecule has 2 atom stereocenters. The Morgan fingerprint density at radius 1 is 1.07 bits per heavy atom. The lowest BCUT2D eigenvalue weighted by Crippen LogP contribution is -2.52. The van der Waals surface area contributed by atoms with Crippen LogP contribution in [-0.4, -0.2) is 28.2 Å². The molecule has 2 unspecified atom stereocenters. The van der Waals surface area contributed by atoms with Gasteiger partial charge in [-0.25, -0.2) is 4.79 Å². The van der Waals surface area contributed by atoms with E-state index in [0.29, 0.717) is 12.8 Å². The minimum Gasteiger partial charge on any atom is -0.445 e. The highest BCUT2D eigenvalue weighted by molar-refractivity contribution is 5.69. The van der Waals surface area contributed by atoms with Crippen LogP contribution in [0.3, 0.4) is 0 Å². The van der Waals surface area contributed by atoms with Crippen LogP contribution in [0, 0.1) is 11.3 Å². The largest absolute Gasteiger partial charge is 0.445 e. The molecule has 1 aliphatic carbocycles. The molecule has 5 heteroatoms. The third-order valence-corrected chi connectivity index (χ3v) is 7.10. The zero-order valence-corrected chi connectivity index (χ0v) is 17.0. The predicted octanol–water partition coefficient (Wildman–Crippen LogP) is 4.39. The number of benzene rings is 2. The number of nitriles is 1. The predicted molar refractivity (Wildman–Crippen MR) is 111 cm³/mol. The molecular weight excluding hydrogens is 376 g/mol. The Labute approximate surface area is 176 Å². The highest BCUT2D eigenvalue weighted by atomic mass is 16.6. The van der Waals surface area contributed by atoms with Crippen molar-refractivity contribution in [1.82, 2.24) is 4.90 Å². The highest BCUT2D eigenvalue weighted by Crippen LogP contribution is 2.50. The summed E-state index contributed by atoms with van der Waals surface area (Å²) in [5.74, 6) is 0. The van der Waals surface area contributed by atoms with Gasteiger partial charge in [0, 0.05) is 24.9 Å². The maximum absolute atomic E-state index is 12.8. The van der Waals surface area contributed by atoms with Crippen molar-refractivity contribution in [2.24, 2.45) is 0 Å². The number of carbonyl (C=O) groups is 1. The second-order valence-corrected chi connectivity index (χ2v) is 9.05. The number of aliphatic hydroxyl groups is 1. The molecule has 154 valence electrons. The van der Waals surface area contributed by atoms with Gasteiger partial charge < -0.3 is 14.7 Å². The number of fused-ring (bicyclic) bond motifs is 2. The van der Waals surface area contributed by atoms with Gasteiger partial charge in [-0.2, -0.15) is 5.26 Å². The van der Waals surface area contributed by atoms with Crippen LogP contribution in [0.5, 0.6) is 0 Å². The number of carbonyl (C=O) groups excluding carboxylic acids is 1. The summed E-state index contributed by atoms with van der Waals surface area (Å²) in [5, 5.41) is 21.1. The molecule has 2 aromatic carbocycles. The van der Waals surface area contributed by atoms with Crippen LogP contribution >= 0.6 is 0 Å². The maximum atomic E-state index is 12.8. The van der Waals surface area contributed by atoms with Crippen molar-refractivity contribution in [3.05, 3.63) is 71.3 Å². The Morgan fingerprint density at radius 3 is 2.37 bits per heavy atom. The quantitative estimate of drug-likeness (QED) is 0.823. The average Bonchev–Trinajstić information content (AvgIpc) is 3.53. The van der Waals surface area contributed by atoms with Crippen molar-refractivity contribution < 1.29 is 14.6 Å². The number of nitrogens with zero attached hydrogens (tertiary/aromatic N) is 2. The number of hydrogen-bond acceptors (Lipinski definition) is 4. The van der Waals surface area contributed by atoms with Crippen LogP contribution < -0.4 is 0 Å². The van der Waals surface area contributed by atoms with E-state index in [2.05, 4.69) is 6.07 Å². The number of amides is 1. The standard InChI is InChI=1S/C25H26N2O3/c26-17-24(11-12-24)19-7-4-8-20(13-19)25(29)14-21-9-10-22(15-25)27(21)23(28)30-16-18-5-2-1-3-6-18/h1-8,13,21-22,29H,9-12,14-16H2. The van der Waals surface area contributed by atoms with Crippen molar-refractivity contribution in [3.8, 4) is 6.07 Å². The van der Waals surface area contributed by atoms with Gasteiger partial charge in [-0.3, -0.25) is 0 Å². The first-order valence-corrected chi connectivity index (χ1v) is 10.8. The second-order valence-electron chi connectivity index (χ2n) is 9.05. The SMILES string of the molecule is N#CC1(c2cccc(C3(O)CC4CCC(C3)N4C(=O)OCc3ccccc3)c2)CC1. The Hall–Kier alpha value is -2.84. The van der Waals surface area contributed by atoms with Crippen LogP contribution in [0.4, 0.5) is 4.79 Å². The molecule has 1 amide bonds. The fraction of sp³-hybridized carbons (Fsp3) is 0.440. The fourth-order valence-electron chi connectivity index (χ4n) is 5.25. The topological polar surface area (TPSA) is 73.6 Å². The molecule has 2 heterocycles. The van der Waals surface area contributed by atoms with Crippen LogP contribution in [0.2, 0.25) is 0 Å². The summed E-state index contributed by atoms with van der Waals surface area (Å²) in [5.41, 5.74) is 1.51. The monoisotopic (exact) mass is 402 g/mol. The van der Waals surface area contributed by atoms with E-state index in [-0.39, 0.29) is 30.2 Å². The first kappa shape index (κ1) is 19.1. The van der Waals surface area contributed by atoms with E-state index in [9.17, 15) is 15.2 Å². The van der Waals surface area contributed by atoms with E-state index in [1.54, 1.807) is 0 Å². The van der Waals surface area contributed by atoms with E-state index in [0.717, 1.165) is 42.4 Å². The zero-order chi connectivity index (χ0) is 20.8. The minimum atomic E-state index is -0.969. The van der Waals surface area contributed by atoms with Gasteiger partial charge in [-0.15, -0.1) is 0 Å². The number of piperidine rings is 1. The maximum Gasteiger partial charge on any atom is 0.410 e. The average molecular weight is 402 g/mol. The molecule has 5 rings (SSSR count). The summed E-state index contributed by atoms with van der Waals surface area (Å²) in [6.07, 6.45) is 4.27. The second kappa shape index (κ2) is 7.14. The lowest BCUT2D eigenvalue weighted by molar-refractivity contribution is -0.0537. The van der Waals surface area contributed by atoms with Gasteiger partial charge in [-0.1, -0.05) is 54.6 Å². The van der Waals surface area contributed by atoms with Gasteiger partial charge in [0.2, 0.25) is 0 Å². The summed E-state index contributed by atoms with van der Waals surface area (Å²) in [6.45, 7) is 0.262. The highest BCUT2D eigenvalue weighted by Gasteiger charge is 2.51. The third kappa shape index (κ3) is 3.26. The van der Waals surface area contributed by atoms with Crippen molar-refractivity contribution in [1.29, 1.82) is 5.26 Å². The molecule has 2 aromatic rings. The van der Waals surface area contributed by atoms with Crippen molar-refractivity contribution in [3.63, 3.8) is 0 Å². The molecule has 0 aromatic heterocycles. The molecule has 0 spiro atoms. The molecule has 2 aliphatic heterocycles. The van der Waals surface area contributed by atoms with Crippen molar-refractivity contribution in [2.75, 3.05) is 0 Å². The summed E-state index contributed by atoms with van der Waals surface area (Å²) < 4.78 is 5.58. The van der Waals surface area contributed by atoms with Crippen molar-refractivity contribution in [2.45, 2.75) is 68.2 Å². The number of rotatable bonds is 4. The Morgan fingerprint density at radius 2 is 1.73 bits per heavy atom. The van der Waals surface area contributed by atoms with Gasteiger partial charge in [0.05, 0.1) is 17.1 Å². The molecule has 2 bridgehead atoms. The zero-order valence-electron chi connectivity index (χ0n) is 17.0. The van der Waals surface area contributed by atoms with Gasteiger partial charge in [0.15, 0.2) is 0 Å². The Bertz CT molecular complexity index is 979. The number of hydrogen-bond donors (Lipinski definition) is 1. The van der Waals surface area contributed by atoms with Gasteiger partial charge in [0.25, 0.3) is 0 Å². The van der Waals surface area contributed by atoms with Gasteiger partial charge >= 0.3 is 6.09 Å². The Kier molecular flexibility index (Phi) is 4.56. The molecule has 1 saturated carbocycles. The van der Waals surface area contributed by atoms with Crippen LogP contribution in [0.1, 0.15) is 55.2 Å². The van der Waals surface area contributed by atoms with E-state index < -0.39 is 5.60 Å². The summed E-state index contributed by atoms with van der Waals surface area (Å²) in [7, 11) is 0. The van der Waals surface area contributed by atoms with Gasteiger partial charge in [0.1, 0.15) is 6.61 Å². The van der Waals surface area contributed by atoms with E-state index in [1.165, 1.54) is 0 Å². The molecule has 1 N–H and O–H groups in total. The van der Waals surface area contributed by atoms with Crippen LogP contribution in [0.15, 0.2) is 54.6 Å². The summed E-state index contributed by atoms with van der Waals surface area (Å²) in [6, 6.07) is 20.0.